The minimum Gasteiger partial charge on any atom is -0.371 e. The second-order valence-electron chi connectivity index (χ2n) is 7.95. The van der Waals surface area contributed by atoms with Crippen molar-refractivity contribution in [1.29, 1.82) is 10.5 Å². The highest BCUT2D eigenvalue weighted by molar-refractivity contribution is 5.86. The molecule has 2 aromatic carbocycles. The van der Waals surface area contributed by atoms with E-state index in [1.165, 1.54) is 59.4 Å². The number of hydrogen-bond acceptors (Lipinski definition) is 3. The Labute approximate surface area is 161 Å². The van der Waals surface area contributed by atoms with Gasteiger partial charge in [-0.3, -0.25) is 0 Å². The molecule has 0 saturated heterocycles. The molecule has 0 spiro atoms. The highest BCUT2D eigenvalue weighted by Crippen LogP contribution is 2.46. The lowest BCUT2D eigenvalue weighted by atomic mass is 9.78. The van der Waals surface area contributed by atoms with E-state index in [1.807, 2.05) is 13.8 Å². The first-order valence-electron chi connectivity index (χ1n) is 9.84. The van der Waals surface area contributed by atoms with Gasteiger partial charge in [-0.15, -0.1) is 0 Å². The van der Waals surface area contributed by atoms with Crippen molar-refractivity contribution in [2.75, 3.05) is 18.0 Å². The van der Waals surface area contributed by atoms with Crippen LogP contribution in [0.3, 0.4) is 0 Å². The molecule has 2 aromatic rings. The fourth-order valence-electron chi connectivity index (χ4n) is 5.24. The van der Waals surface area contributed by atoms with E-state index in [4.69, 9.17) is 0 Å². The predicted molar refractivity (Wildman–Crippen MR) is 109 cm³/mol. The fourth-order valence-corrected chi connectivity index (χ4v) is 5.24. The highest BCUT2D eigenvalue weighted by atomic mass is 15.1. The van der Waals surface area contributed by atoms with Crippen molar-refractivity contribution in [3.8, 4) is 23.3 Å². The van der Waals surface area contributed by atoms with Gasteiger partial charge in [0.15, 0.2) is 0 Å². The van der Waals surface area contributed by atoms with Crippen LogP contribution < -0.4 is 4.90 Å². The Balaban J connectivity index is 2.11. The van der Waals surface area contributed by atoms with E-state index in [2.05, 4.69) is 30.9 Å². The van der Waals surface area contributed by atoms with Gasteiger partial charge in [0.2, 0.25) is 0 Å². The molecule has 4 rings (SSSR count). The van der Waals surface area contributed by atoms with E-state index in [1.54, 1.807) is 6.07 Å². The summed E-state index contributed by atoms with van der Waals surface area (Å²) < 4.78 is 0. The molecule has 0 bridgehead atoms. The van der Waals surface area contributed by atoms with Gasteiger partial charge in [0.1, 0.15) is 0 Å². The average molecular weight is 355 g/mol. The van der Waals surface area contributed by atoms with Gasteiger partial charge in [0.05, 0.1) is 23.3 Å². The molecule has 0 radical (unpaired) electrons. The van der Waals surface area contributed by atoms with Crippen LogP contribution >= 0.6 is 0 Å². The Morgan fingerprint density at radius 1 is 0.741 bits per heavy atom. The maximum atomic E-state index is 9.61. The first-order chi connectivity index (χ1) is 13.0. The fraction of sp³-hybridized carbons (Fsp3) is 0.417. The molecule has 2 aliphatic rings. The smallest absolute Gasteiger partial charge is 0.0995 e. The number of hydrogen-bond donors (Lipinski definition) is 0. The summed E-state index contributed by atoms with van der Waals surface area (Å²) in [5, 5.41) is 19.2. The van der Waals surface area contributed by atoms with E-state index < -0.39 is 0 Å². The standard InChI is InChI=1S/C24H25N3/c1-14-18(12-25)11-19(13-26)15(2)22(14)23-16(3)20-7-5-9-27-10-6-8-21(17(23)4)24(20)27/h11H,5-10H2,1-4H3. The van der Waals surface area contributed by atoms with Gasteiger partial charge >= 0.3 is 0 Å². The second-order valence-corrected chi connectivity index (χ2v) is 7.95. The topological polar surface area (TPSA) is 50.8 Å². The Hall–Kier alpha value is -2.78. The van der Waals surface area contributed by atoms with Gasteiger partial charge < -0.3 is 4.90 Å². The Bertz CT molecular complexity index is 972. The van der Waals surface area contributed by atoms with Crippen LogP contribution in [-0.2, 0) is 12.8 Å². The highest BCUT2D eigenvalue weighted by Gasteiger charge is 2.30. The van der Waals surface area contributed by atoms with Gasteiger partial charge in [-0.25, -0.2) is 0 Å². The number of nitriles is 2. The Kier molecular flexibility index (Phi) is 4.20. The lowest BCUT2D eigenvalue weighted by Gasteiger charge is -2.39. The van der Waals surface area contributed by atoms with Crippen LogP contribution in [-0.4, -0.2) is 13.1 Å². The van der Waals surface area contributed by atoms with E-state index in [-0.39, 0.29) is 0 Å². The third-order valence-corrected chi connectivity index (χ3v) is 6.59. The zero-order valence-electron chi connectivity index (χ0n) is 16.7. The first-order valence-corrected chi connectivity index (χ1v) is 9.84. The summed E-state index contributed by atoms with van der Waals surface area (Å²) in [4.78, 5) is 2.58. The van der Waals surface area contributed by atoms with Crippen molar-refractivity contribution in [2.24, 2.45) is 0 Å². The van der Waals surface area contributed by atoms with Crippen LogP contribution in [0.25, 0.3) is 11.1 Å². The van der Waals surface area contributed by atoms with Crippen molar-refractivity contribution in [3.63, 3.8) is 0 Å². The van der Waals surface area contributed by atoms with Gasteiger partial charge in [-0.05, 0) is 104 Å². The van der Waals surface area contributed by atoms with E-state index in [0.29, 0.717) is 11.1 Å². The molecule has 2 heterocycles. The second kappa shape index (κ2) is 6.43. The summed E-state index contributed by atoms with van der Waals surface area (Å²) in [6, 6.07) is 6.33. The maximum Gasteiger partial charge on any atom is 0.0995 e. The van der Waals surface area contributed by atoms with Crippen molar-refractivity contribution >= 4 is 5.69 Å². The largest absolute Gasteiger partial charge is 0.371 e. The molecule has 0 saturated carbocycles. The van der Waals surface area contributed by atoms with Crippen molar-refractivity contribution in [2.45, 2.75) is 53.4 Å². The lowest BCUT2D eigenvalue weighted by molar-refractivity contribution is 0.630. The van der Waals surface area contributed by atoms with Crippen LogP contribution in [0.4, 0.5) is 5.69 Å². The minimum atomic E-state index is 0.610. The molecule has 0 fully saturated rings. The Morgan fingerprint density at radius 2 is 1.19 bits per heavy atom. The van der Waals surface area contributed by atoms with E-state index >= 15 is 0 Å². The summed E-state index contributed by atoms with van der Waals surface area (Å²) in [7, 11) is 0. The number of nitrogens with zero attached hydrogens (tertiary/aromatic N) is 3. The zero-order chi connectivity index (χ0) is 19.3. The summed E-state index contributed by atoms with van der Waals surface area (Å²) >= 11 is 0. The maximum absolute atomic E-state index is 9.61. The minimum absolute atomic E-state index is 0.610. The van der Waals surface area contributed by atoms with Crippen molar-refractivity contribution in [3.05, 3.63) is 50.6 Å². The van der Waals surface area contributed by atoms with Gasteiger partial charge in [0.25, 0.3) is 0 Å². The molecule has 3 heteroatoms. The van der Waals surface area contributed by atoms with Crippen LogP contribution in [0.1, 0.15) is 57.3 Å². The monoisotopic (exact) mass is 355 g/mol. The quantitative estimate of drug-likeness (QED) is 0.721. The van der Waals surface area contributed by atoms with Crippen LogP contribution in [0, 0.1) is 50.4 Å². The molecule has 0 aliphatic carbocycles. The number of benzene rings is 2. The molecule has 0 aromatic heterocycles. The molecule has 0 atom stereocenters. The molecule has 2 aliphatic heterocycles. The molecular formula is C24H25N3. The van der Waals surface area contributed by atoms with Gasteiger partial charge in [-0.1, -0.05) is 0 Å². The van der Waals surface area contributed by atoms with E-state index in [9.17, 15) is 10.5 Å². The molecule has 0 amide bonds. The molecule has 3 nitrogen and oxygen atoms in total. The Morgan fingerprint density at radius 3 is 1.63 bits per heavy atom. The zero-order valence-corrected chi connectivity index (χ0v) is 16.7. The summed E-state index contributed by atoms with van der Waals surface area (Å²) in [5.74, 6) is 0. The summed E-state index contributed by atoms with van der Waals surface area (Å²) in [6.45, 7) is 10.9. The van der Waals surface area contributed by atoms with Crippen LogP contribution in [0.15, 0.2) is 6.07 Å². The lowest BCUT2D eigenvalue weighted by Crippen LogP contribution is -2.35. The van der Waals surface area contributed by atoms with Crippen molar-refractivity contribution in [1.82, 2.24) is 0 Å². The molecule has 27 heavy (non-hydrogen) atoms. The summed E-state index contributed by atoms with van der Waals surface area (Å²) in [5.41, 5.74) is 12.7. The van der Waals surface area contributed by atoms with Crippen LogP contribution in [0.2, 0.25) is 0 Å². The third-order valence-electron chi connectivity index (χ3n) is 6.59. The first kappa shape index (κ1) is 17.6. The van der Waals surface area contributed by atoms with Crippen LogP contribution in [0.5, 0.6) is 0 Å². The molecular weight excluding hydrogens is 330 g/mol. The molecule has 136 valence electrons. The molecule has 0 unspecified atom stereocenters. The normalized spacial score (nSPS) is 15.1. The summed E-state index contributed by atoms with van der Waals surface area (Å²) in [6.07, 6.45) is 4.66. The van der Waals surface area contributed by atoms with Gasteiger partial charge in [-0.2, -0.15) is 10.5 Å². The average Bonchev–Trinajstić information content (AvgIpc) is 2.68. The number of rotatable bonds is 1. The van der Waals surface area contributed by atoms with Gasteiger partial charge in [0, 0.05) is 18.8 Å². The predicted octanol–water partition coefficient (Wildman–Crippen LogP) is 5.03. The third kappa shape index (κ3) is 2.46. The SMILES string of the molecule is Cc1c(C#N)cc(C#N)c(C)c1-c1c(C)c2c3c(c1C)CCCN3CCC2. The number of anilines is 1. The van der Waals surface area contributed by atoms with Crippen molar-refractivity contribution < 1.29 is 0 Å². The molecule has 0 N–H and O–H groups in total. The van der Waals surface area contributed by atoms with E-state index in [0.717, 1.165) is 29.5 Å².